The molecule has 0 aliphatic carbocycles. The summed E-state index contributed by atoms with van der Waals surface area (Å²) in [4.78, 5) is 13.4. The number of carbonyl (C=O) groups is 1. The van der Waals surface area contributed by atoms with Crippen LogP contribution in [0, 0.1) is 0 Å². The number of carbonyl (C=O) groups excluding carboxylic acids is 1. The van der Waals surface area contributed by atoms with Gasteiger partial charge in [0.15, 0.2) is 0 Å². The summed E-state index contributed by atoms with van der Waals surface area (Å²) in [6.45, 7) is 1.56. The molecule has 0 saturated carbocycles. The smallest absolute Gasteiger partial charge is 0.231 e. The molecular weight excluding hydrogens is 228 g/mol. The molecule has 0 radical (unpaired) electrons. The lowest BCUT2D eigenvalue weighted by Crippen LogP contribution is -2.21. The third-order valence-electron chi connectivity index (χ3n) is 3.47. The minimum atomic E-state index is 0.166. The Hall–Kier alpha value is -1.39. The van der Waals surface area contributed by atoms with E-state index in [4.69, 9.17) is 4.74 Å². The molecule has 1 aliphatic heterocycles. The van der Waals surface area contributed by atoms with Gasteiger partial charge in [-0.3, -0.25) is 4.79 Å². The highest BCUT2D eigenvalue weighted by atomic mass is 16.5. The van der Waals surface area contributed by atoms with Gasteiger partial charge in [0.2, 0.25) is 5.91 Å². The van der Waals surface area contributed by atoms with Gasteiger partial charge in [-0.15, -0.1) is 0 Å². The number of ether oxygens (including phenoxy) is 1. The topological polar surface area (TPSA) is 41.6 Å². The second-order valence-corrected chi connectivity index (χ2v) is 4.73. The Morgan fingerprint density at radius 3 is 2.94 bits per heavy atom. The second-order valence-electron chi connectivity index (χ2n) is 4.73. The van der Waals surface area contributed by atoms with E-state index in [0.29, 0.717) is 18.9 Å². The number of methoxy groups -OCH3 is 1. The van der Waals surface area contributed by atoms with Crippen LogP contribution in [0.2, 0.25) is 0 Å². The first-order valence-electron chi connectivity index (χ1n) is 6.20. The summed E-state index contributed by atoms with van der Waals surface area (Å²) < 4.78 is 5.26. The van der Waals surface area contributed by atoms with Gasteiger partial charge < -0.3 is 15.0 Å². The minimum Gasteiger partial charge on any atom is -0.384 e. The Labute approximate surface area is 108 Å². The van der Waals surface area contributed by atoms with Crippen molar-refractivity contribution >= 4 is 11.6 Å². The Bertz CT molecular complexity index is 439. The number of rotatable bonds is 5. The normalized spacial score (nSPS) is 15.9. The fraction of sp³-hybridized carbons (Fsp3) is 0.500. The van der Waals surface area contributed by atoms with E-state index in [1.807, 2.05) is 20.2 Å². The summed E-state index contributed by atoms with van der Waals surface area (Å²) in [6.07, 6.45) is 0.513. The van der Waals surface area contributed by atoms with Gasteiger partial charge in [-0.2, -0.15) is 0 Å². The van der Waals surface area contributed by atoms with Crippen LogP contribution < -0.4 is 10.2 Å². The highest BCUT2D eigenvalue weighted by molar-refractivity contribution is 6.00. The Balaban J connectivity index is 2.26. The van der Waals surface area contributed by atoms with Crippen LogP contribution in [0.15, 0.2) is 18.2 Å². The summed E-state index contributed by atoms with van der Waals surface area (Å²) >= 11 is 0. The molecular formula is C14H20N2O2. The zero-order valence-electron chi connectivity index (χ0n) is 11.2. The van der Waals surface area contributed by atoms with E-state index in [0.717, 1.165) is 17.8 Å². The minimum absolute atomic E-state index is 0.166. The van der Waals surface area contributed by atoms with Crippen LogP contribution in [-0.2, 0) is 16.0 Å². The summed E-state index contributed by atoms with van der Waals surface area (Å²) in [5.74, 6) is 0.491. The molecule has 1 aliphatic rings. The van der Waals surface area contributed by atoms with Crippen LogP contribution in [0.4, 0.5) is 5.69 Å². The number of amides is 1. The second kappa shape index (κ2) is 5.50. The SMILES string of the molecule is CNCC(COC)c1ccc2c(c1)CC(=O)N2C. The maximum atomic E-state index is 11.7. The standard InChI is InChI=1S/C14H20N2O2/c1-15-8-12(9-18-3)10-4-5-13-11(6-10)7-14(17)16(13)2/h4-6,12,15H,7-9H2,1-3H3. The van der Waals surface area contributed by atoms with E-state index < -0.39 is 0 Å². The molecule has 1 heterocycles. The molecule has 0 saturated heterocycles. The molecule has 2 rings (SSSR count). The van der Waals surface area contributed by atoms with E-state index in [9.17, 15) is 4.79 Å². The number of fused-ring (bicyclic) bond motifs is 1. The van der Waals surface area contributed by atoms with Crippen molar-refractivity contribution in [2.45, 2.75) is 12.3 Å². The van der Waals surface area contributed by atoms with Crippen molar-refractivity contribution in [3.63, 3.8) is 0 Å². The highest BCUT2D eigenvalue weighted by Gasteiger charge is 2.24. The maximum absolute atomic E-state index is 11.7. The van der Waals surface area contributed by atoms with E-state index in [2.05, 4.69) is 17.4 Å². The zero-order valence-corrected chi connectivity index (χ0v) is 11.2. The molecule has 18 heavy (non-hydrogen) atoms. The third-order valence-corrected chi connectivity index (χ3v) is 3.47. The van der Waals surface area contributed by atoms with Gasteiger partial charge in [0.25, 0.3) is 0 Å². The summed E-state index contributed by atoms with van der Waals surface area (Å²) in [5, 5.41) is 3.18. The molecule has 1 amide bonds. The van der Waals surface area contributed by atoms with Crippen molar-refractivity contribution in [2.24, 2.45) is 0 Å². The van der Waals surface area contributed by atoms with Crippen molar-refractivity contribution in [1.82, 2.24) is 5.32 Å². The van der Waals surface area contributed by atoms with Crippen molar-refractivity contribution in [3.05, 3.63) is 29.3 Å². The molecule has 1 atom stereocenters. The fourth-order valence-electron chi connectivity index (χ4n) is 2.46. The van der Waals surface area contributed by atoms with Crippen molar-refractivity contribution in [3.8, 4) is 0 Å². The van der Waals surface area contributed by atoms with E-state index in [-0.39, 0.29) is 5.91 Å². The summed E-state index contributed by atoms with van der Waals surface area (Å²) in [5.41, 5.74) is 3.38. The van der Waals surface area contributed by atoms with Gasteiger partial charge in [0.05, 0.1) is 13.0 Å². The number of hydrogen-bond acceptors (Lipinski definition) is 3. The van der Waals surface area contributed by atoms with Gasteiger partial charge in [0.1, 0.15) is 0 Å². The number of anilines is 1. The lowest BCUT2D eigenvalue weighted by atomic mass is 9.97. The number of nitrogens with zero attached hydrogens (tertiary/aromatic N) is 1. The van der Waals surface area contributed by atoms with Crippen LogP contribution in [-0.4, -0.2) is 40.3 Å². The monoisotopic (exact) mass is 248 g/mol. The van der Waals surface area contributed by atoms with Gasteiger partial charge in [0, 0.05) is 32.3 Å². The number of nitrogens with one attached hydrogen (secondary N) is 1. The quantitative estimate of drug-likeness (QED) is 0.850. The Morgan fingerprint density at radius 1 is 1.50 bits per heavy atom. The summed E-state index contributed by atoms with van der Waals surface area (Å²) in [6, 6.07) is 6.26. The molecule has 4 nitrogen and oxygen atoms in total. The van der Waals surface area contributed by atoms with Crippen LogP contribution >= 0.6 is 0 Å². The van der Waals surface area contributed by atoms with Gasteiger partial charge in [-0.25, -0.2) is 0 Å². The molecule has 1 aromatic rings. The van der Waals surface area contributed by atoms with Crippen LogP contribution in [0.25, 0.3) is 0 Å². The Kier molecular flexibility index (Phi) is 3.99. The van der Waals surface area contributed by atoms with Crippen LogP contribution in [0.3, 0.4) is 0 Å². The average Bonchev–Trinajstić information content (AvgIpc) is 2.64. The number of hydrogen-bond donors (Lipinski definition) is 1. The fourth-order valence-corrected chi connectivity index (χ4v) is 2.46. The van der Waals surface area contributed by atoms with Crippen molar-refractivity contribution < 1.29 is 9.53 Å². The molecule has 0 bridgehead atoms. The molecule has 0 aromatic heterocycles. The molecule has 1 aromatic carbocycles. The van der Waals surface area contributed by atoms with E-state index in [1.165, 1.54) is 5.56 Å². The molecule has 4 heteroatoms. The van der Waals surface area contributed by atoms with Crippen LogP contribution in [0.1, 0.15) is 17.0 Å². The lowest BCUT2D eigenvalue weighted by Gasteiger charge is -2.17. The summed E-state index contributed by atoms with van der Waals surface area (Å²) in [7, 11) is 5.48. The Morgan fingerprint density at radius 2 is 2.28 bits per heavy atom. The first-order valence-corrected chi connectivity index (χ1v) is 6.20. The van der Waals surface area contributed by atoms with E-state index in [1.54, 1.807) is 12.0 Å². The number of likely N-dealkylation sites (N-methyl/N-ethyl adjacent to an activating group) is 2. The third kappa shape index (κ3) is 2.40. The van der Waals surface area contributed by atoms with Crippen molar-refractivity contribution in [2.75, 3.05) is 39.3 Å². The first kappa shape index (κ1) is 13.1. The predicted molar refractivity (Wildman–Crippen MR) is 72.1 cm³/mol. The van der Waals surface area contributed by atoms with Gasteiger partial charge in [-0.1, -0.05) is 12.1 Å². The van der Waals surface area contributed by atoms with Crippen LogP contribution in [0.5, 0.6) is 0 Å². The largest absolute Gasteiger partial charge is 0.384 e. The lowest BCUT2D eigenvalue weighted by molar-refractivity contribution is -0.117. The zero-order chi connectivity index (χ0) is 13.1. The van der Waals surface area contributed by atoms with Gasteiger partial charge in [-0.05, 0) is 24.2 Å². The molecule has 98 valence electrons. The molecule has 0 fully saturated rings. The van der Waals surface area contributed by atoms with Crippen molar-refractivity contribution in [1.29, 1.82) is 0 Å². The average molecular weight is 248 g/mol. The first-order chi connectivity index (χ1) is 8.67. The highest BCUT2D eigenvalue weighted by Crippen LogP contribution is 2.30. The predicted octanol–water partition coefficient (Wildman–Crippen LogP) is 1.15. The van der Waals surface area contributed by atoms with Gasteiger partial charge >= 0.3 is 0 Å². The molecule has 1 N–H and O–H groups in total. The molecule has 1 unspecified atom stereocenters. The maximum Gasteiger partial charge on any atom is 0.231 e. The number of benzene rings is 1. The van der Waals surface area contributed by atoms with E-state index >= 15 is 0 Å². The molecule has 0 spiro atoms.